The molecule has 39 heavy (non-hydrogen) atoms. The number of nitrogens with zero attached hydrogens (tertiary/aromatic N) is 5. The molecule has 0 atom stereocenters. The number of carbonyl (C=O) groups excluding carboxylic acids is 1. The summed E-state index contributed by atoms with van der Waals surface area (Å²) >= 11 is 1.09. The number of rotatable bonds is 11. The number of ether oxygens (including phenoxy) is 4. The molecule has 1 aliphatic heterocycles. The summed E-state index contributed by atoms with van der Waals surface area (Å²) in [5.41, 5.74) is 1.41. The largest absolute Gasteiger partial charge is 0.861 e. The smallest absolute Gasteiger partial charge is 0.320 e. The van der Waals surface area contributed by atoms with E-state index in [2.05, 4.69) is 15.3 Å². The Balaban J connectivity index is 1.61. The van der Waals surface area contributed by atoms with Crippen molar-refractivity contribution in [3.63, 3.8) is 0 Å². The van der Waals surface area contributed by atoms with Crippen LogP contribution in [0.15, 0.2) is 68.9 Å². The van der Waals surface area contributed by atoms with Crippen molar-refractivity contribution in [2.75, 3.05) is 45.7 Å². The van der Waals surface area contributed by atoms with Gasteiger partial charge in [0.05, 0.1) is 27.0 Å². The molecule has 1 aromatic heterocycles. The van der Waals surface area contributed by atoms with Gasteiger partial charge in [-0.3, -0.25) is 14.2 Å². The predicted octanol–water partition coefficient (Wildman–Crippen LogP) is 2.20. The molecule has 0 N–H and O–H groups in total. The minimum Gasteiger partial charge on any atom is -0.861 e. The molecule has 1 amide bonds. The van der Waals surface area contributed by atoms with E-state index in [-0.39, 0.29) is 23.2 Å². The van der Waals surface area contributed by atoms with Gasteiger partial charge >= 0.3 is 5.88 Å². The van der Waals surface area contributed by atoms with Crippen molar-refractivity contribution in [1.82, 2.24) is 5.27 Å². The van der Waals surface area contributed by atoms with Gasteiger partial charge in [-0.2, -0.15) is 0 Å². The second kappa shape index (κ2) is 12.9. The van der Waals surface area contributed by atoms with Gasteiger partial charge in [0, 0.05) is 12.9 Å². The number of thioether (sulfide) groups is 1. The third-order valence-corrected chi connectivity index (χ3v) is 6.34. The molecular formula is C26H27N5O7S. The van der Waals surface area contributed by atoms with Crippen molar-refractivity contribution in [3.8, 4) is 17.2 Å². The highest BCUT2D eigenvalue weighted by atomic mass is 32.2. The maximum atomic E-state index is 13.5. The Bertz CT molecular complexity index is 1380. The fourth-order valence-electron chi connectivity index (χ4n) is 3.63. The monoisotopic (exact) mass is 553 g/mol. The Hall–Kier alpha value is -4.36. The zero-order valence-electron chi connectivity index (χ0n) is 21.8. The zero-order chi connectivity index (χ0) is 27.8. The summed E-state index contributed by atoms with van der Waals surface area (Å²) in [6.45, 7) is 0.903. The maximum Gasteiger partial charge on any atom is 0.320 e. The SMILES string of the molecule is COCC[n+]1cc(/N=C(\[O-])CSC2=N/C(=C/c3cc(OC)c(OC)c(OC)c3)C(=O)N2c2ccccc2)on1. The van der Waals surface area contributed by atoms with Crippen LogP contribution in [0.2, 0.25) is 0 Å². The number of aromatic nitrogens is 2. The van der Waals surface area contributed by atoms with E-state index in [0.29, 0.717) is 46.8 Å². The van der Waals surface area contributed by atoms with Gasteiger partial charge in [0.1, 0.15) is 12.3 Å². The van der Waals surface area contributed by atoms with E-state index in [9.17, 15) is 9.90 Å². The van der Waals surface area contributed by atoms with Crippen molar-refractivity contribution in [3.05, 3.63) is 59.9 Å². The first-order valence-electron chi connectivity index (χ1n) is 11.7. The number of hydrogen-bond donors (Lipinski definition) is 0. The average Bonchev–Trinajstić information content (AvgIpc) is 3.53. The highest BCUT2D eigenvalue weighted by Crippen LogP contribution is 2.39. The lowest BCUT2D eigenvalue weighted by atomic mass is 10.1. The highest BCUT2D eigenvalue weighted by Gasteiger charge is 2.32. The molecule has 3 aromatic rings. The molecular weight excluding hydrogens is 526 g/mol. The van der Waals surface area contributed by atoms with Crippen molar-refractivity contribution in [1.29, 1.82) is 0 Å². The molecule has 0 aliphatic carbocycles. The molecule has 0 saturated carbocycles. The lowest BCUT2D eigenvalue weighted by Gasteiger charge is -2.18. The number of amidine groups is 1. The number of hydrogen-bond acceptors (Lipinski definition) is 11. The molecule has 0 bridgehead atoms. The third-order valence-electron chi connectivity index (χ3n) is 5.42. The van der Waals surface area contributed by atoms with Gasteiger partial charge in [0.15, 0.2) is 16.7 Å². The molecule has 0 unspecified atom stereocenters. The third kappa shape index (κ3) is 6.56. The summed E-state index contributed by atoms with van der Waals surface area (Å²) in [6.07, 6.45) is 3.13. The molecule has 12 nitrogen and oxygen atoms in total. The van der Waals surface area contributed by atoms with Crippen molar-refractivity contribution in [2.24, 2.45) is 9.98 Å². The summed E-state index contributed by atoms with van der Waals surface area (Å²) in [7, 11) is 6.12. The summed E-state index contributed by atoms with van der Waals surface area (Å²) in [5, 5.41) is 16.7. The molecule has 13 heteroatoms. The highest BCUT2D eigenvalue weighted by molar-refractivity contribution is 8.14. The number of benzene rings is 2. The Labute approximate surface area is 229 Å². The number of carbonyl (C=O) groups is 1. The number of methoxy groups -OCH3 is 4. The standard InChI is InChI=1S/C26H27N5O7S/c1-34-11-10-30-15-23(38-29-30)28-22(32)16-39-26-27-19(25(33)31(26)18-8-6-5-7-9-18)12-17-13-20(35-2)24(37-4)21(14-17)36-3/h5-9,12-15H,10-11,16H2,1-4H3/b19-12+. The molecule has 4 rings (SSSR count). The molecule has 0 radical (unpaired) electrons. The first-order valence-corrected chi connectivity index (χ1v) is 12.7. The van der Waals surface area contributed by atoms with E-state index in [1.165, 1.54) is 37.1 Å². The van der Waals surface area contributed by atoms with Gasteiger partial charge in [-0.05, 0) is 46.5 Å². The van der Waals surface area contributed by atoms with Gasteiger partial charge < -0.3 is 24.1 Å². The van der Waals surface area contributed by atoms with E-state index in [0.717, 1.165) is 11.8 Å². The Morgan fingerprint density at radius 2 is 1.85 bits per heavy atom. The van der Waals surface area contributed by atoms with Crippen LogP contribution in [0, 0.1) is 0 Å². The van der Waals surface area contributed by atoms with Crippen LogP contribution >= 0.6 is 11.8 Å². The number of aliphatic imine (C=N–C) groups is 2. The molecule has 0 saturated heterocycles. The molecule has 0 fully saturated rings. The number of anilines is 1. The Morgan fingerprint density at radius 1 is 1.13 bits per heavy atom. The number of amides is 1. The summed E-state index contributed by atoms with van der Waals surface area (Å²) in [4.78, 5) is 23.4. The lowest BCUT2D eigenvalue weighted by molar-refractivity contribution is -0.763. The number of para-hydroxylation sites is 1. The molecule has 2 aromatic carbocycles. The van der Waals surface area contributed by atoms with Crippen LogP contribution in [-0.2, 0) is 16.1 Å². The summed E-state index contributed by atoms with van der Waals surface area (Å²) in [5.74, 6) is 0.488. The van der Waals surface area contributed by atoms with Crippen LogP contribution < -0.4 is 28.9 Å². The molecule has 204 valence electrons. The quantitative estimate of drug-likeness (QED) is 0.152. The summed E-state index contributed by atoms with van der Waals surface area (Å²) in [6, 6.07) is 12.5. The van der Waals surface area contributed by atoms with Gasteiger partial charge in [-0.15, -0.1) is 0 Å². The first-order chi connectivity index (χ1) is 19.0. The van der Waals surface area contributed by atoms with E-state index in [1.54, 1.807) is 37.5 Å². The minimum atomic E-state index is -0.472. The molecule has 1 aliphatic rings. The molecule has 2 heterocycles. The van der Waals surface area contributed by atoms with E-state index >= 15 is 0 Å². The van der Waals surface area contributed by atoms with Gasteiger partial charge in [-0.25, -0.2) is 9.98 Å². The Kier molecular flexibility index (Phi) is 9.18. The summed E-state index contributed by atoms with van der Waals surface area (Å²) < 4.78 is 27.8. The second-order valence-corrected chi connectivity index (χ2v) is 8.89. The Morgan fingerprint density at radius 3 is 2.49 bits per heavy atom. The fourth-order valence-corrected chi connectivity index (χ4v) is 4.43. The second-order valence-electron chi connectivity index (χ2n) is 7.95. The fraction of sp³-hybridized carbons (Fsp3) is 0.269. The van der Waals surface area contributed by atoms with Crippen LogP contribution in [0.25, 0.3) is 6.08 Å². The average molecular weight is 554 g/mol. The van der Waals surface area contributed by atoms with Crippen LogP contribution in [0.1, 0.15) is 5.56 Å². The van der Waals surface area contributed by atoms with E-state index < -0.39 is 5.90 Å². The van der Waals surface area contributed by atoms with E-state index in [1.807, 2.05) is 18.2 Å². The predicted molar refractivity (Wildman–Crippen MR) is 144 cm³/mol. The first kappa shape index (κ1) is 27.7. The van der Waals surface area contributed by atoms with E-state index in [4.69, 9.17) is 23.5 Å². The lowest BCUT2D eigenvalue weighted by Crippen LogP contribution is -2.36. The van der Waals surface area contributed by atoms with Gasteiger partial charge in [0.2, 0.25) is 17.6 Å². The van der Waals surface area contributed by atoms with Crippen LogP contribution in [0.5, 0.6) is 17.2 Å². The van der Waals surface area contributed by atoms with Crippen molar-refractivity contribution >= 4 is 46.4 Å². The van der Waals surface area contributed by atoms with Gasteiger partial charge in [-0.1, -0.05) is 30.0 Å². The van der Waals surface area contributed by atoms with Crippen LogP contribution in [-0.4, -0.2) is 63.0 Å². The normalized spacial score (nSPS) is 14.6. The van der Waals surface area contributed by atoms with Gasteiger partial charge in [0.25, 0.3) is 12.1 Å². The zero-order valence-corrected chi connectivity index (χ0v) is 22.6. The molecule has 0 spiro atoms. The topological polar surface area (TPSA) is 135 Å². The maximum absolute atomic E-state index is 13.5. The van der Waals surface area contributed by atoms with Crippen LogP contribution in [0.3, 0.4) is 0 Å². The minimum absolute atomic E-state index is 0.0732. The van der Waals surface area contributed by atoms with Crippen LogP contribution in [0.4, 0.5) is 11.6 Å². The van der Waals surface area contributed by atoms with Crippen molar-refractivity contribution in [2.45, 2.75) is 6.54 Å². The van der Waals surface area contributed by atoms with Crippen molar-refractivity contribution < 1.29 is 38.1 Å².